The first-order valence-electron chi connectivity index (χ1n) is 9.10. The van der Waals surface area contributed by atoms with Crippen molar-refractivity contribution in [1.82, 2.24) is 0 Å². The van der Waals surface area contributed by atoms with E-state index in [9.17, 15) is 14.3 Å². The van der Waals surface area contributed by atoms with Crippen molar-refractivity contribution in [2.45, 2.75) is 37.8 Å². The van der Waals surface area contributed by atoms with Crippen LogP contribution in [0.1, 0.15) is 30.0 Å². The maximum atomic E-state index is 14.5. The van der Waals surface area contributed by atoms with Crippen molar-refractivity contribution in [2.75, 3.05) is 5.75 Å². The minimum Gasteiger partial charge on any atom is -0.508 e. The molecule has 0 saturated heterocycles. The zero-order valence-corrected chi connectivity index (χ0v) is 16.5. The number of amidine groups is 1. The summed E-state index contributed by atoms with van der Waals surface area (Å²) < 4.78 is 14.5. The second-order valence-corrected chi connectivity index (χ2v) is 8.37. The van der Waals surface area contributed by atoms with Crippen molar-refractivity contribution in [1.29, 1.82) is 0 Å². The lowest BCUT2D eigenvalue weighted by atomic mass is 9.87. The van der Waals surface area contributed by atoms with Crippen LogP contribution in [0.25, 0.3) is 0 Å². The van der Waals surface area contributed by atoms with E-state index in [2.05, 4.69) is 4.99 Å². The van der Waals surface area contributed by atoms with Crippen LogP contribution in [0.5, 0.6) is 5.75 Å². The van der Waals surface area contributed by atoms with Gasteiger partial charge in [-0.2, -0.15) is 0 Å². The standard InChI is InChI=1S/C21H24FN3O2S/c1-21(8-9-28-20(24)25-21)16-10-14(4-7-17(16)22)12-19(27)18(23)11-13-2-5-15(26)6-3-13/h2-7,10,18,26H,8-9,11-12,23H2,1H3,(H2,24,25)/t18-,21+/m1/s1. The molecule has 0 bridgehead atoms. The summed E-state index contributed by atoms with van der Waals surface area (Å²) in [6, 6.07) is 10.6. The Hall–Kier alpha value is -2.38. The molecule has 0 spiro atoms. The van der Waals surface area contributed by atoms with Gasteiger partial charge in [0, 0.05) is 17.7 Å². The fraction of sp³-hybridized carbons (Fsp3) is 0.333. The number of aliphatic imine (C=N–C) groups is 1. The summed E-state index contributed by atoms with van der Waals surface area (Å²) in [6.45, 7) is 1.86. The quantitative estimate of drug-likeness (QED) is 0.691. The number of carbonyl (C=O) groups is 1. The molecule has 2 aromatic rings. The highest BCUT2D eigenvalue weighted by atomic mass is 32.2. The van der Waals surface area contributed by atoms with Crippen molar-refractivity contribution in [3.63, 3.8) is 0 Å². The molecule has 0 unspecified atom stereocenters. The van der Waals surface area contributed by atoms with E-state index in [0.717, 1.165) is 11.3 Å². The highest BCUT2D eigenvalue weighted by Gasteiger charge is 2.32. The largest absolute Gasteiger partial charge is 0.508 e. The topological polar surface area (TPSA) is 102 Å². The van der Waals surface area contributed by atoms with E-state index >= 15 is 0 Å². The summed E-state index contributed by atoms with van der Waals surface area (Å²) in [5.74, 6) is 0.459. The minimum absolute atomic E-state index is 0.122. The van der Waals surface area contributed by atoms with E-state index in [1.807, 2.05) is 6.92 Å². The van der Waals surface area contributed by atoms with Crippen LogP contribution in [0.15, 0.2) is 47.5 Å². The average molecular weight is 402 g/mol. The maximum Gasteiger partial charge on any atom is 0.154 e. The van der Waals surface area contributed by atoms with Crippen LogP contribution in [0.4, 0.5) is 4.39 Å². The highest BCUT2D eigenvalue weighted by Crippen LogP contribution is 2.36. The molecular formula is C21H24FN3O2S. The zero-order chi connectivity index (χ0) is 20.3. The van der Waals surface area contributed by atoms with Crippen molar-refractivity contribution < 1.29 is 14.3 Å². The summed E-state index contributed by atoms with van der Waals surface area (Å²) in [6.07, 6.45) is 1.17. The molecule has 1 heterocycles. The third-order valence-corrected chi connectivity index (χ3v) is 5.79. The number of carbonyl (C=O) groups excluding carboxylic acids is 1. The molecule has 0 saturated carbocycles. The van der Waals surface area contributed by atoms with E-state index in [1.54, 1.807) is 36.4 Å². The molecule has 0 amide bonds. The lowest BCUT2D eigenvalue weighted by molar-refractivity contribution is -0.119. The van der Waals surface area contributed by atoms with E-state index < -0.39 is 11.6 Å². The van der Waals surface area contributed by atoms with Gasteiger partial charge < -0.3 is 16.6 Å². The van der Waals surface area contributed by atoms with Gasteiger partial charge in [-0.05, 0) is 49.1 Å². The van der Waals surface area contributed by atoms with Gasteiger partial charge in [-0.15, -0.1) is 0 Å². The molecular weight excluding hydrogens is 377 g/mol. The fourth-order valence-electron chi connectivity index (χ4n) is 3.31. The molecule has 0 fully saturated rings. The van der Waals surface area contributed by atoms with Crippen LogP contribution < -0.4 is 11.5 Å². The minimum atomic E-state index is -0.730. The number of aromatic hydroxyl groups is 1. The first-order chi connectivity index (χ1) is 13.3. The third-order valence-electron chi connectivity index (χ3n) is 4.99. The number of thioether (sulfide) groups is 1. The van der Waals surface area contributed by atoms with Gasteiger partial charge in [-0.1, -0.05) is 36.0 Å². The Morgan fingerprint density at radius 3 is 2.64 bits per heavy atom. The van der Waals surface area contributed by atoms with Crippen LogP contribution in [0.3, 0.4) is 0 Å². The maximum absolute atomic E-state index is 14.5. The number of nitrogens with zero attached hydrogens (tertiary/aromatic N) is 1. The summed E-state index contributed by atoms with van der Waals surface area (Å²) in [7, 11) is 0. The van der Waals surface area contributed by atoms with Crippen molar-refractivity contribution in [3.05, 3.63) is 65.0 Å². The van der Waals surface area contributed by atoms with Gasteiger partial charge in [-0.25, -0.2) is 4.39 Å². The number of ketones is 1. The Bertz CT molecular complexity index is 901. The highest BCUT2D eigenvalue weighted by molar-refractivity contribution is 8.13. The van der Waals surface area contributed by atoms with Crippen LogP contribution in [-0.2, 0) is 23.2 Å². The van der Waals surface area contributed by atoms with E-state index in [1.165, 1.54) is 17.8 Å². The lowest BCUT2D eigenvalue weighted by Gasteiger charge is -2.30. The second-order valence-electron chi connectivity index (χ2n) is 7.26. The van der Waals surface area contributed by atoms with Crippen LogP contribution in [-0.4, -0.2) is 27.9 Å². The summed E-state index contributed by atoms with van der Waals surface area (Å²) in [5.41, 5.74) is 13.2. The number of halogens is 1. The monoisotopic (exact) mass is 401 g/mol. The number of phenols is 1. The van der Waals surface area contributed by atoms with Gasteiger partial charge >= 0.3 is 0 Å². The number of phenolic OH excluding ortho intramolecular Hbond substituents is 1. The Kier molecular flexibility index (Phi) is 6.05. The molecule has 5 N–H and O–H groups in total. The smallest absolute Gasteiger partial charge is 0.154 e. The van der Waals surface area contributed by atoms with Crippen LogP contribution in [0, 0.1) is 5.82 Å². The number of nitrogens with two attached hydrogens (primary N) is 2. The lowest BCUT2D eigenvalue weighted by Crippen LogP contribution is -2.34. The molecule has 1 aliphatic heterocycles. The first kappa shape index (κ1) is 20.4. The zero-order valence-electron chi connectivity index (χ0n) is 15.7. The predicted octanol–water partition coefficient (Wildman–Crippen LogP) is 2.88. The fourth-order valence-corrected chi connectivity index (χ4v) is 4.28. The van der Waals surface area contributed by atoms with E-state index in [0.29, 0.717) is 29.1 Å². The van der Waals surface area contributed by atoms with Gasteiger partial charge in [0.15, 0.2) is 11.0 Å². The molecule has 2 atom stereocenters. The van der Waals surface area contributed by atoms with Crippen molar-refractivity contribution in [2.24, 2.45) is 16.5 Å². The number of Topliss-reactive ketones (excluding diaryl/α,β-unsaturated/α-hetero) is 1. The molecule has 0 aromatic heterocycles. The molecule has 3 rings (SSSR count). The number of rotatable bonds is 6. The summed E-state index contributed by atoms with van der Waals surface area (Å²) >= 11 is 1.46. The number of hydrogen-bond donors (Lipinski definition) is 3. The molecule has 7 heteroatoms. The van der Waals surface area contributed by atoms with Gasteiger partial charge in [0.1, 0.15) is 11.6 Å². The normalized spacial score (nSPS) is 20.5. The third kappa shape index (κ3) is 4.72. The Morgan fingerprint density at radius 1 is 1.29 bits per heavy atom. The van der Waals surface area contributed by atoms with Crippen molar-refractivity contribution in [3.8, 4) is 5.75 Å². The summed E-state index contributed by atoms with van der Waals surface area (Å²) in [4.78, 5) is 17.0. The predicted molar refractivity (Wildman–Crippen MR) is 111 cm³/mol. The van der Waals surface area contributed by atoms with Crippen LogP contribution >= 0.6 is 11.8 Å². The van der Waals surface area contributed by atoms with E-state index in [-0.39, 0.29) is 23.8 Å². The average Bonchev–Trinajstić information content (AvgIpc) is 2.64. The second kappa shape index (κ2) is 8.32. The van der Waals surface area contributed by atoms with E-state index in [4.69, 9.17) is 11.5 Å². The molecule has 0 radical (unpaired) electrons. The van der Waals surface area contributed by atoms with Gasteiger partial charge in [0.2, 0.25) is 0 Å². The molecule has 148 valence electrons. The van der Waals surface area contributed by atoms with Gasteiger partial charge in [-0.3, -0.25) is 9.79 Å². The van der Waals surface area contributed by atoms with Gasteiger partial charge in [0.25, 0.3) is 0 Å². The van der Waals surface area contributed by atoms with Gasteiger partial charge in [0.05, 0.1) is 11.6 Å². The Labute approximate surface area is 168 Å². The Morgan fingerprint density at radius 2 is 1.96 bits per heavy atom. The number of hydrogen-bond acceptors (Lipinski definition) is 6. The molecule has 5 nitrogen and oxygen atoms in total. The molecule has 2 aromatic carbocycles. The number of benzene rings is 2. The molecule has 0 aliphatic carbocycles. The first-order valence-corrected chi connectivity index (χ1v) is 10.1. The molecule has 28 heavy (non-hydrogen) atoms. The van der Waals surface area contributed by atoms with Crippen LogP contribution in [0.2, 0.25) is 0 Å². The Balaban J connectivity index is 1.74. The van der Waals surface area contributed by atoms with Crippen molar-refractivity contribution >= 4 is 22.7 Å². The summed E-state index contributed by atoms with van der Waals surface area (Å²) in [5, 5.41) is 9.79. The molecule has 1 aliphatic rings. The SMILES string of the molecule is C[C@@]1(c2cc(CC(=O)[C@H](N)Cc3ccc(O)cc3)ccc2F)CCSC(N)=N1.